The Balaban J connectivity index is 2.26. The summed E-state index contributed by atoms with van der Waals surface area (Å²) in [6.07, 6.45) is 7.20. The molecule has 2 atom stereocenters. The van der Waals surface area contributed by atoms with Gasteiger partial charge in [0.05, 0.1) is 20.5 Å². The molecule has 0 amide bonds. The molecule has 0 heterocycles. The molecule has 0 spiro atoms. The lowest BCUT2D eigenvalue weighted by molar-refractivity contribution is 0.329. The molecule has 0 N–H and O–H groups in total. The molecular weight excluding hydrogens is 248 g/mol. The molecular formula is C18H24O2. The van der Waals surface area contributed by atoms with Gasteiger partial charge in [0.15, 0.2) is 0 Å². The minimum Gasteiger partial charge on any atom is -0.504 e. The SMILES string of the molecule is CO/C=C1\c2c(OC)c(C)cc(C)c2C2CCCCC12. The zero-order chi connectivity index (χ0) is 14.3. The Morgan fingerprint density at radius 2 is 1.75 bits per heavy atom. The van der Waals surface area contributed by atoms with Gasteiger partial charge in [0, 0.05) is 11.1 Å². The highest BCUT2D eigenvalue weighted by molar-refractivity contribution is 5.82. The number of ether oxygens (including phenoxy) is 2. The van der Waals surface area contributed by atoms with Gasteiger partial charge in [-0.05, 0) is 55.2 Å². The Labute approximate surface area is 121 Å². The van der Waals surface area contributed by atoms with E-state index in [1.807, 2.05) is 6.26 Å². The first-order valence-electron chi connectivity index (χ1n) is 7.60. The lowest BCUT2D eigenvalue weighted by Crippen LogP contribution is -2.13. The van der Waals surface area contributed by atoms with Crippen LogP contribution in [0.4, 0.5) is 0 Å². The fourth-order valence-electron chi connectivity index (χ4n) is 4.32. The molecule has 1 fully saturated rings. The largest absolute Gasteiger partial charge is 0.504 e. The zero-order valence-electron chi connectivity index (χ0n) is 13.0. The quantitative estimate of drug-likeness (QED) is 0.733. The van der Waals surface area contributed by atoms with Gasteiger partial charge in [0.2, 0.25) is 0 Å². The summed E-state index contributed by atoms with van der Waals surface area (Å²) in [5, 5.41) is 0. The average molecular weight is 272 g/mol. The number of benzene rings is 1. The number of methoxy groups -OCH3 is 2. The molecule has 2 aliphatic carbocycles. The predicted octanol–water partition coefficient (Wildman–Crippen LogP) is 4.59. The molecule has 2 unspecified atom stereocenters. The Kier molecular flexibility index (Phi) is 3.49. The van der Waals surface area contributed by atoms with Crippen molar-refractivity contribution < 1.29 is 9.47 Å². The first-order chi connectivity index (χ1) is 9.69. The Morgan fingerprint density at radius 1 is 1.05 bits per heavy atom. The third-order valence-electron chi connectivity index (χ3n) is 4.99. The molecule has 0 saturated heterocycles. The summed E-state index contributed by atoms with van der Waals surface area (Å²) < 4.78 is 11.1. The van der Waals surface area contributed by atoms with Crippen LogP contribution in [0.5, 0.6) is 5.75 Å². The molecule has 1 saturated carbocycles. The third-order valence-corrected chi connectivity index (χ3v) is 4.99. The lowest BCUT2D eigenvalue weighted by Gasteiger charge is -2.26. The number of allylic oxidation sites excluding steroid dienone is 1. The van der Waals surface area contributed by atoms with E-state index in [0.29, 0.717) is 11.8 Å². The van der Waals surface area contributed by atoms with E-state index in [1.165, 1.54) is 53.5 Å². The van der Waals surface area contributed by atoms with Crippen LogP contribution in [-0.4, -0.2) is 14.2 Å². The molecule has 0 aromatic heterocycles. The predicted molar refractivity (Wildman–Crippen MR) is 82.2 cm³/mol. The highest BCUT2D eigenvalue weighted by atomic mass is 16.5. The molecule has 1 aromatic carbocycles. The Morgan fingerprint density at radius 3 is 2.40 bits per heavy atom. The van der Waals surface area contributed by atoms with E-state index in [4.69, 9.17) is 9.47 Å². The van der Waals surface area contributed by atoms with E-state index in [2.05, 4.69) is 19.9 Å². The monoisotopic (exact) mass is 272 g/mol. The Bertz CT molecular complexity index is 557. The highest BCUT2D eigenvalue weighted by Gasteiger charge is 2.41. The molecule has 0 aliphatic heterocycles. The first-order valence-corrected chi connectivity index (χ1v) is 7.60. The van der Waals surface area contributed by atoms with Crippen molar-refractivity contribution >= 4 is 5.57 Å². The van der Waals surface area contributed by atoms with Crippen LogP contribution < -0.4 is 4.74 Å². The van der Waals surface area contributed by atoms with E-state index in [9.17, 15) is 0 Å². The van der Waals surface area contributed by atoms with Gasteiger partial charge in [-0.1, -0.05) is 18.9 Å². The average Bonchev–Trinajstić information content (AvgIpc) is 2.75. The molecule has 108 valence electrons. The summed E-state index contributed by atoms with van der Waals surface area (Å²) in [7, 11) is 3.53. The minimum atomic E-state index is 0.619. The van der Waals surface area contributed by atoms with Gasteiger partial charge in [-0.2, -0.15) is 0 Å². The van der Waals surface area contributed by atoms with Crippen LogP contribution in [0, 0.1) is 19.8 Å². The van der Waals surface area contributed by atoms with E-state index in [0.717, 1.165) is 5.75 Å². The minimum absolute atomic E-state index is 0.619. The second-order valence-electron chi connectivity index (χ2n) is 6.14. The summed E-state index contributed by atoms with van der Waals surface area (Å²) in [4.78, 5) is 0. The van der Waals surface area contributed by atoms with Crippen molar-refractivity contribution in [1.82, 2.24) is 0 Å². The van der Waals surface area contributed by atoms with Gasteiger partial charge in [-0.15, -0.1) is 0 Å². The smallest absolute Gasteiger partial charge is 0.129 e. The van der Waals surface area contributed by atoms with Gasteiger partial charge in [0.1, 0.15) is 5.75 Å². The number of hydrogen-bond acceptors (Lipinski definition) is 2. The van der Waals surface area contributed by atoms with Crippen LogP contribution in [-0.2, 0) is 4.74 Å². The summed E-state index contributed by atoms with van der Waals surface area (Å²) in [6, 6.07) is 2.28. The van der Waals surface area contributed by atoms with Crippen molar-refractivity contribution in [2.24, 2.45) is 5.92 Å². The maximum atomic E-state index is 5.73. The van der Waals surface area contributed by atoms with Gasteiger partial charge in [-0.3, -0.25) is 0 Å². The second kappa shape index (κ2) is 5.16. The zero-order valence-corrected chi connectivity index (χ0v) is 13.0. The van der Waals surface area contributed by atoms with Crippen molar-refractivity contribution in [1.29, 1.82) is 0 Å². The number of aryl methyl sites for hydroxylation is 2. The standard InChI is InChI=1S/C18H24O2/c1-11-9-12(2)18(20-4)17-15(10-19-3)13-7-5-6-8-14(13)16(11)17/h9-10,13-14H,5-8H2,1-4H3/b15-10-. The molecule has 2 aliphatic rings. The van der Waals surface area contributed by atoms with Crippen molar-refractivity contribution in [3.05, 3.63) is 34.6 Å². The lowest BCUT2D eigenvalue weighted by atomic mass is 9.78. The summed E-state index contributed by atoms with van der Waals surface area (Å²) >= 11 is 0. The molecule has 0 bridgehead atoms. The fourth-order valence-corrected chi connectivity index (χ4v) is 4.32. The van der Waals surface area contributed by atoms with E-state index >= 15 is 0 Å². The van der Waals surface area contributed by atoms with E-state index in [1.54, 1.807) is 14.2 Å². The number of rotatable bonds is 2. The van der Waals surface area contributed by atoms with Gasteiger partial charge in [-0.25, -0.2) is 0 Å². The van der Waals surface area contributed by atoms with Crippen molar-refractivity contribution in [3.8, 4) is 5.75 Å². The topological polar surface area (TPSA) is 18.5 Å². The maximum Gasteiger partial charge on any atom is 0.129 e. The molecule has 2 nitrogen and oxygen atoms in total. The number of hydrogen-bond donors (Lipinski definition) is 0. The third kappa shape index (κ3) is 1.85. The van der Waals surface area contributed by atoms with Crippen molar-refractivity contribution in [3.63, 3.8) is 0 Å². The maximum absolute atomic E-state index is 5.73. The highest BCUT2D eigenvalue weighted by Crippen LogP contribution is 2.56. The normalized spacial score (nSPS) is 26.3. The van der Waals surface area contributed by atoms with Crippen LogP contribution in [0.3, 0.4) is 0 Å². The fraction of sp³-hybridized carbons (Fsp3) is 0.556. The van der Waals surface area contributed by atoms with Crippen molar-refractivity contribution in [2.75, 3.05) is 14.2 Å². The Hall–Kier alpha value is -1.44. The molecule has 3 rings (SSSR count). The first kappa shape index (κ1) is 13.5. The van der Waals surface area contributed by atoms with Gasteiger partial charge < -0.3 is 9.47 Å². The van der Waals surface area contributed by atoms with Gasteiger partial charge >= 0.3 is 0 Å². The molecule has 1 aromatic rings. The summed E-state index contributed by atoms with van der Waals surface area (Å²) in [5.41, 5.74) is 6.83. The van der Waals surface area contributed by atoms with Crippen LogP contribution in [0.1, 0.15) is 53.9 Å². The van der Waals surface area contributed by atoms with Crippen LogP contribution >= 0.6 is 0 Å². The van der Waals surface area contributed by atoms with E-state index < -0.39 is 0 Å². The molecule has 2 heteroatoms. The summed E-state index contributed by atoms with van der Waals surface area (Å²) in [6.45, 7) is 4.38. The molecule has 0 radical (unpaired) electrons. The van der Waals surface area contributed by atoms with E-state index in [-0.39, 0.29) is 0 Å². The summed E-state index contributed by atoms with van der Waals surface area (Å²) in [5.74, 6) is 2.33. The second-order valence-corrected chi connectivity index (χ2v) is 6.14. The van der Waals surface area contributed by atoms with Crippen molar-refractivity contribution in [2.45, 2.75) is 45.4 Å². The van der Waals surface area contributed by atoms with Crippen LogP contribution in [0.15, 0.2) is 12.3 Å². The number of fused-ring (bicyclic) bond motifs is 3. The van der Waals surface area contributed by atoms with Crippen LogP contribution in [0.2, 0.25) is 0 Å². The van der Waals surface area contributed by atoms with Gasteiger partial charge in [0.25, 0.3) is 0 Å². The molecule has 20 heavy (non-hydrogen) atoms. The van der Waals surface area contributed by atoms with Crippen LogP contribution in [0.25, 0.3) is 5.57 Å².